The molecule has 0 bridgehead atoms. The second kappa shape index (κ2) is 2.75. The summed E-state index contributed by atoms with van der Waals surface area (Å²) < 4.78 is 0. The number of fused-ring (bicyclic) bond motifs is 3. The quantitative estimate of drug-likeness (QED) is 0.546. The average Bonchev–Trinajstić information content (AvgIpc) is 2.56. The predicted molar refractivity (Wildman–Crippen MR) is 58.1 cm³/mol. The van der Waals surface area contributed by atoms with Gasteiger partial charge in [-0.15, -0.1) is 0 Å². The third-order valence-electron chi connectivity index (χ3n) is 2.87. The number of aromatic nitrogens is 1. The van der Waals surface area contributed by atoms with Gasteiger partial charge in [-0.2, -0.15) is 0 Å². The van der Waals surface area contributed by atoms with Gasteiger partial charge in [0.2, 0.25) is 0 Å². The van der Waals surface area contributed by atoms with Gasteiger partial charge in [0.05, 0.1) is 0 Å². The van der Waals surface area contributed by atoms with E-state index in [0.29, 0.717) is 0 Å². The van der Waals surface area contributed by atoms with Crippen LogP contribution in [0.2, 0.25) is 0 Å². The van der Waals surface area contributed by atoms with Gasteiger partial charge in [-0.25, -0.2) is 0 Å². The third-order valence-corrected chi connectivity index (χ3v) is 2.87. The van der Waals surface area contributed by atoms with Crippen LogP contribution in [0.4, 0.5) is 5.69 Å². The largest absolute Gasteiger partial charge is 0.399 e. The van der Waals surface area contributed by atoms with E-state index in [0.717, 1.165) is 25.2 Å². The van der Waals surface area contributed by atoms with Gasteiger partial charge in [-0.1, -0.05) is 0 Å². The Bertz CT molecular complexity index is 484. The summed E-state index contributed by atoms with van der Waals surface area (Å²) in [7, 11) is 0. The number of benzene rings is 1. The first-order valence-electron chi connectivity index (χ1n) is 4.94. The van der Waals surface area contributed by atoms with Crippen molar-refractivity contribution in [3.8, 4) is 0 Å². The molecule has 0 saturated heterocycles. The molecule has 0 fully saturated rings. The van der Waals surface area contributed by atoms with E-state index in [1.54, 1.807) is 0 Å². The van der Waals surface area contributed by atoms with Gasteiger partial charge < -0.3 is 16.0 Å². The lowest BCUT2D eigenvalue weighted by molar-refractivity contribution is 0.637. The van der Waals surface area contributed by atoms with E-state index in [1.807, 2.05) is 6.07 Å². The first kappa shape index (κ1) is 7.88. The van der Waals surface area contributed by atoms with Crippen molar-refractivity contribution in [2.45, 2.75) is 13.0 Å². The molecule has 0 aliphatic carbocycles. The summed E-state index contributed by atoms with van der Waals surface area (Å²) in [5.41, 5.74) is 10.6. The molecule has 1 aromatic heterocycles. The predicted octanol–water partition coefficient (Wildman–Crippen LogP) is 1.40. The molecule has 0 amide bonds. The number of anilines is 1. The average molecular weight is 187 g/mol. The minimum absolute atomic E-state index is 0.845. The SMILES string of the molecule is Nc1ccc2[nH]c3c(c2c1)CCNC3. The minimum atomic E-state index is 0.845. The van der Waals surface area contributed by atoms with Gasteiger partial charge in [0.15, 0.2) is 0 Å². The van der Waals surface area contributed by atoms with Gasteiger partial charge in [0, 0.05) is 28.8 Å². The Morgan fingerprint density at radius 3 is 3.14 bits per heavy atom. The van der Waals surface area contributed by atoms with Crippen LogP contribution in [0.5, 0.6) is 0 Å². The van der Waals surface area contributed by atoms with Crippen molar-refractivity contribution in [3.05, 3.63) is 29.5 Å². The normalized spacial score (nSPS) is 15.7. The number of aromatic amines is 1. The van der Waals surface area contributed by atoms with E-state index in [2.05, 4.69) is 22.4 Å². The van der Waals surface area contributed by atoms with Crippen molar-refractivity contribution in [1.82, 2.24) is 10.3 Å². The second-order valence-corrected chi connectivity index (χ2v) is 3.81. The van der Waals surface area contributed by atoms with E-state index in [1.165, 1.54) is 22.2 Å². The smallest absolute Gasteiger partial charge is 0.0460 e. The summed E-state index contributed by atoms with van der Waals surface area (Å²) in [6, 6.07) is 6.07. The molecule has 3 heteroatoms. The molecule has 3 rings (SSSR count). The maximum atomic E-state index is 5.79. The number of hydrogen-bond acceptors (Lipinski definition) is 2. The van der Waals surface area contributed by atoms with Crippen LogP contribution in [-0.4, -0.2) is 11.5 Å². The minimum Gasteiger partial charge on any atom is -0.399 e. The number of hydrogen-bond donors (Lipinski definition) is 3. The zero-order valence-corrected chi connectivity index (χ0v) is 7.93. The number of nitrogens with two attached hydrogens (primary N) is 1. The van der Waals surface area contributed by atoms with Gasteiger partial charge in [0.1, 0.15) is 0 Å². The lowest BCUT2D eigenvalue weighted by atomic mass is 10.0. The standard InChI is InChI=1S/C11H13N3/c12-7-1-2-10-9(5-7)8-3-4-13-6-11(8)14-10/h1-2,5,13-14H,3-4,6,12H2. The number of rotatable bonds is 0. The molecular weight excluding hydrogens is 174 g/mol. The molecule has 1 aliphatic heterocycles. The van der Waals surface area contributed by atoms with Crippen LogP contribution in [-0.2, 0) is 13.0 Å². The van der Waals surface area contributed by atoms with Crippen molar-refractivity contribution in [1.29, 1.82) is 0 Å². The molecule has 72 valence electrons. The van der Waals surface area contributed by atoms with Crippen LogP contribution in [0, 0.1) is 0 Å². The highest BCUT2D eigenvalue weighted by Gasteiger charge is 2.14. The summed E-state index contributed by atoms with van der Waals surface area (Å²) in [4.78, 5) is 3.43. The van der Waals surface area contributed by atoms with E-state index in [-0.39, 0.29) is 0 Å². The van der Waals surface area contributed by atoms with Gasteiger partial charge in [0.25, 0.3) is 0 Å². The Morgan fingerprint density at radius 1 is 1.29 bits per heavy atom. The summed E-state index contributed by atoms with van der Waals surface area (Å²) in [5.74, 6) is 0. The fraction of sp³-hybridized carbons (Fsp3) is 0.273. The summed E-state index contributed by atoms with van der Waals surface area (Å²) in [6.07, 6.45) is 1.10. The van der Waals surface area contributed by atoms with Crippen LogP contribution in [0.25, 0.3) is 10.9 Å². The maximum Gasteiger partial charge on any atom is 0.0460 e. The zero-order chi connectivity index (χ0) is 9.54. The molecule has 4 N–H and O–H groups in total. The van der Waals surface area contributed by atoms with E-state index >= 15 is 0 Å². The molecule has 14 heavy (non-hydrogen) atoms. The summed E-state index contributed by atoms with van der Waals surface area (Å²) >= 11 is 0. The maximum absolute atomic E-state index is 5.79. The third kappa shape index (κ3) is 1.02. The Labute approximate surface area is 82.3 Å². The van der Waals surface area contributed by atoms with E-state index in [4.69, 9.17) is 5.73 Å². The van der Waals surface area contributed by atoms with Gasteiger partial charge in [-0.3, -0.25) is 0 Å². The highest BCUT2D eigenvalue weighted by Crippen LogP contribution is 2.26. The topological polar surface area (TPSA) is 53.8 Å². The second-order valence-electron chi connectivity index (χ2n) is 3.81. The van der Waals surface area contributed by atoms with Crippen LogP contribution >= 0.6 is 0 Å². The molecule has 1 aliphatic rings. The highest BCUT2D eigenvalue weighted by atomic mass is 14.9. The Balaban J connectivity index is 2.32. The first-order chi connectivity index (χ1) is 6.84. The van der Waals surface area contributed by atoms with Gasteiger partial charge >= 0.3 is 0 Å². The van der Waals surface area contributed by atoms with Crippen molar-refractivity contribution in [3.63, 3.8) is 0 Å². The van der Waals surface area contributed by atoms with E-state index < -0.39 is 0 Å². The fourth-order valence-corrected chi connectivity index (χ4v) is 2.18. The van der Waals surface area contributed by atoms with Crippen LogP contribution in [0.3, 0.4) is 0 Å². The molecule has 0 saturated carbocycles. The lowest BCUT2D eigenvalue weighted by Gasteiger charge is -2.12. The highest BCUT2D eigenvalue weighted by molar-refractivity contribution is 5.87. The van der Waals surface area contributed by atoms with Crippen molar-refractivity contribution < 1.29 is 0 Å². The number of nitrogen functional groups attached to an aromatic ring is 1. The van der Waals surface area contributed by atoms with Gasteiger partial charge in [-0.05, 0) is 36.7 Å². The molecule has 0 spiro atoms. The molecule has 0 radical (unpaired) electrons. The molecule has 2 aromatic rings. The Hall–Kier alpha value is -1.48. The van der Waals surface area contributed by atoms with E-state index in [9.17, 15) is 0 Å². The Kier molecular flexibility index (Phi) is 1.55. The molecule has 2 heterocycles. The molecule has 0 unspecified atom stereocenters. The molecule has 0 atom stereocenters. The molecular formula is C11H13N3. The summed E-state index contributed by atoms with van der Waals surface area (Å²) in [5, 5.41) is 4.65. The first-order valence-corrected chi connectivity index (χ1v) is 4.94. The van der Waals surface area contributed by atoms with Crippen LogP contribution in [0.1, 0.15) is 11.3 Å². The number of nitrogens with one attached hydrogen (secondary N) is 2. The monoisotopic (exact) mass is 187 g/mol. The van der Waals surface area contributed by atoms with Crippen molar-refractivity contribution in [2.75, 3.05) is 12.3 Å². The number of H-pyrrole nitrogens is 1. The summed E-state index contributed by atoms with van der Waals surface area (Å²) in [6.45, 7) is 2.01. The zero-order valence-electron chi connectivity index (χ0n) is 7.93. The Morgan fingerprint density at radius 2 is 2.21 bits per heavy atom. The van der Waals surface area contributed by atoms with Crippen molar-refractivity contribution >= 4 is 16.6 Å². The van der Waals surface area contributed by atoms with Crippen molar-refractivity contribution in [2.24, 2.45) is 0 Å². The molecule has 3 nitrogen and oxygen atoms in total. The fourth-order valence-electron chi connectivity index (χ4n) is 2.18. The molecule has 1 aromatic carbocycles. The van der Waals surface area contributed by atoms with Crippen LogP contribution in [0.15, 0.2) is 18.2 Å². The van der Waals surface area contributed by atoms with Crippen LogP contribution < -0.4 is 11.1 Å². The lowest BCUT2D eigenvalue weighted by Crippen LogP contribution is -2.22.